The van der Waals surface area contributed by atoms with Crippen LogP contribution in [0.1, 0.15) is 67.2 Å². The van der Waals surface area contributed by atoms with Crippen molar-refractivity contribution in [3.8, 4) is 0 Å². The first-order valence-corrected chi connectivity index (χ1v) is 13.1. The third kappa shape index (κ3) is 6.21. The van der Waals surface area contributed by atoms with Gasteiger partial charge in [-0.2, -0.15) is 0 Å². The molecule has 2 N–H and O–H groups in total. The highest BCUT2D eigenvalue weighted by molar-refractivity contribution is 6.20. The number of hydrogen-bond acceptors (Lipinski definition) is 4. The molecule has 1 saturated carbocycles. The quantitative estimate of drug-likeness (QED) is 0.570. The lowest BCUT2D eigenvalue weighted by atomic mass is 9.82. The number of likely N-dealkylation sites (N-methyl/N-ethyl adjacent to an activating group) is 1. The van der Waals surface area contributed by atoms with Crippen LogP contribution in [0.3, 0.4) is 0 Å². The zero-order valence-electron chi connectivity index (χ0n) is 21.2. The summed E-state index contributed by atoms with van der Waals surface area (Å²) in [6, 6.07) is 0.749. The standard InChI is InChI=1S/C25H43ClN4O3/c1-7-30(20-13-29(14-20)24(33)25(4,5)6)19-10-17(9-18(26)11-19)22(31)27-12-21-15(2)8-16(3)28-23(21)32/h15-21H,7-14H2,1-6H3,(H,27,31)(H,28,32). The van der Waals surface area contributed by atoms with Crippen molar-refractivity contribution in [1.82, 2.24) is 20.4 Å². The van der Waals surface area contributed by atoms with Crippen LogP contribution in [0.2, 0.25) is 0 Å². The second-order valence-corrected chi connectivity index (χ2v) is 12.2. The number of hydrogen-bond donors (Lipinski definition) is 2. The smallest absolute Gasteiger partial charge is 0.228 e. The Bertz CT molecular complexity index is 734. The fourth-order valence-electron chi connectivity index (χ4n) is 5.86. The molecule has 0 aromatic carbocycles. The molecule has 6 unspecified atom stereocenters. The predicted molar refractivity (Wildman–Crippen MR) is 131 cm³/mol. The number of nitrogens with one attached hydrogen (secondary N) is 2. The number of piperidine rings is 1. The minimum atomic E-state index is -0.359. The number of rotatable bonds is 6. The number of carbonyl (C=O) groups is 3. The van der Waals surface area contributed by atoms with Crippen molar-refractivity contribution in [2.75, 3.05) is 26.2 Å². The van der Waals surface area contributed by atoms with Gasteiger partial charge in [-0.05, 0) is 45.1 Å². The van der Waals surface area contributed by atoms with Crippen LogP contribution in [0.5, 0.6) is 0 Å². The molecule has 8 heteroatoms. The van der Waals surface area contributed by atoms with E-state index >= 15 is 0 Å². The normalized spacial score (nSPS) is 33.5. The van der Waals surface area contributed by atoms with E-state index in [1.807, 2.05) is 32.6 Å². The molecule has 188 valence electrons. The molecule has 1 aliphatic carbocycles. The molecule has 0 spiro atoms. The van der Waals surface area contributed by atoms with Crippen LogP contribution in [0, 0.1) is 23.2 Å². The van der Waals surface area contributed by atoms with Gasteiger partial charge in [0.1, 0.15) is 0 Å². The van der Waals surface area contributed by atoms with Gasteiger partial charge in [-0.3, -0.25) is 19.3 Å². The van der Waals surface area contributed by atoms with Crippen LogP contribution in [0.25, 0.3) is 0 Å². The SMILES string of the molecule is CCN(C1CC(Cl)CC(C(=O)NCC2C(=O)NC(C)CC2C)C1)C1CN(C(=O)C(C)(C)C)C1. The molecule has 2 aliphatic heterocycles. The van der Waals surface area contributed by atoms with E-state index in [1.165, 1.54) is 0 Å². The van der Waals surface area contributed by atoms with Crippen LogP contribution in [-0.4, -0.2) is 77.2 Å². The average Bonchev–Trinajstić information content (AvgIpc) is 2.67. The van der Waals surface area contributed by atoms with Crippen molar-refractivity contribution in [1.29, 1.82) is 0 Å². The zero-order chi connectivity index (χ0) is 24.5. The summed E-state index contributed by atoms with van der Waals surface area (Å²) in [5, 5.41) is 6.02. The largest absolute Gasteiger partial charge is 0.355 e. The lowest BCUT2D eigenvalue weighted by Gasteiger charge is -2.51. The molecule has 0 aromatic rings. The number of halogens is 1. The second-order valence-electron chi connectivity index (χ2n) is 11.6. The van der Waals surface area contributed by atoms with Gasteiger partial charge in [0, 0.05) is 54.5 Å². The molecule has 0 aromatic heterocycles. The van der Waals surface area contributed by atoms with Crippen LogP contribution in [0.4, 0.5) is 0 Å². The Labute approximate surface area is 204 Å². The molecule has 3 fully saturated rings. The van der Waals surface area contributed by atoms with Gasteiger partial charge in [-0.25, -0.2) is 0 Å². The Morgan fingerprint density at radius 3 is 2.36 bits per heavy atom. The monoisotopic (exact) mass is 482 g/mol. The summed E-state index contributed by atoms with van der Waals surface area (Å²) in [6.45, 7) is 14.9. The van der Waals surface area contributed by atoms with Gasteiger partial charge in [-0.15, -0.1) is 11.6 Å². The number of amides is 3. The van der Waals surface area contributed by atoms with Crippen molar-refractivity contribution in [2.45, 2.75) is 90.7 Å². The van der Waals surface area contributed by atoms with Crippen molar-refractivity contribution >= 4 is 29.3 Å². The average molecular weight is 483 g/mol. The first-order valence-electron chi connectivity index (χ1n) is 12.7. The van der Waals surface area contributed by atoms with Gasteiger partial charge in [0.2, 0.25) is 17.7 Å². The highest BCUT2D eigenvalue weighted by atomic mass is 35.5. The first-order chi connectivity index (χ1) is 15.4. The first kappa shape index (κ1) is 26.3. The summed E-state index contributed by atoms with van der Waals surface area (Å²) in [5.74, 6) is 0.175. The number of carbonyl (C=O) groups excluding carboxylic acids is 3. The summed E-state index contributed by atoms with van der Waals surface area (Å²) in [6.07, 6.45) is 3.24. The van der Waals surface area contributed by atoms with Crippen LogP contribution in [0.15, 0.2) is 0 Å². The lowest BCUT2D eigenvalue weighted by molar-refractivity contribution is -0.148. The van der Waals surface area contributed by atoms with E-state index in [2.05, 4.69) is 29.4 Å². The molecule has 3 aliphatic rings. The Balaban J connectivity index is 1.55. The van der Waals surface area contributed by atoms with Crippen molar-refractivity contribution in [3.63, 3.8) is 0 Å². The molecule has 0 bridgehead atoms. The van der Waals surface area contributed by atoms with Crippen LogP contribution < -0.4 is 10.6 Å². The second kappa shape index (κ2) is 10.5. The topological polar surface area (TPSA) is 81.8 Å². The van der Waals surface area contributed by atoms with Gasteiger partial charge < -0.3 is 15.5 Å². The summed E-state index contributed by atoms with van der Waals surface area (Å²) < 4.78 is 0. The molecule has 3 rings (SSSR count). The summed E-state index contributed by atoms with van der Waals surface area (Å²) in [5.41, 5.74) is -0.359. The Hall–Kier alpha value is -1.34. The molecule has 7 nitrogen and oxygen atoms in total. The van der Waals surface area contributed by atoms with Gasteiger partial charge in [0.05, 0.1) is 5.92 Å². The van der Waals surface area contributed by atoms with E-state index in [9.17, 15) is 14.4 Å². The van der Waals surface area contributed by atoms with Crippen LogP contribution >= 0.6 is 11.6 Å². The van der Waals surface area contributed by atoms with Crippen LogP contribution in [-0.2, 0) is 14.4 Å². The van der Waals surface area contributed by atoms with E-state index in [0.29, 0.717) is 19.0 Å². The Kier molecular flexibility index (Phi) is 8.37. The fraction of sp³-hybridized carbons (Fsp3) is 0.880. The van der Waals surface area contributed by atoms with Gasteiger partial charge in [-0.1, -0.05) is 34.6 Å². The summed E-state index contributed by atoms with van der Waals surface area (Å²) in [4.78, 5) is 42.4. The molecule has 33 heavy (non-hydrogen) atoms. The van der Waals surface area contributed by atoms with Crippen molar-refractivity contribution in [3.05, 3.63) is 0 Å². The highest BCUT2D eigenvalue weighted by Gasteiger charge is 2.43. The van der Waals surface area contributed by atoms with E-state index in [1.54, 1.807) is 0 Å². The fourth-order valence-corrected chi connectivity index (χ4v) is 6.28. The van der Waals surface area contributed by atoms with Gasteiger partial charge >= 0.3 is 0 Å². The van der Waals surface area contributed by atoms with Gasteiger partial charge in [0.25, 0.3) is 0 Å². The minimum Gasteiger partial charge on any atom is -0.355 e. The Morgan fingerprint density at radius 2 is 1.79 bits per heavy atom. The molecule has 3 amide bonds. The minimum absolute atomic E-state index is 0.0122. The molecule has 6 atom stereocenters. The molecule has 2 heterocycles. The lowest BCUT2D eigenvalue weighted by Crippen LogP contribution is -2.65. The summed E-state index contributed by atoms with van der Waals surface area (Å²) >= 11 is 6.63. The van der Waals surface area contributed by atoms with E-state index in [-0.39, 0.29) is 58.4 Å². The number of nitrogens with zero attached hydrogens (tertiary/aromatic N) is 2. The van der Waals surface area contributed by atoms with Gasteiger partial charge in [0.15, 0.2) is 0 Å². The maximum absolute atomic E-state index is 13.1. The van der Waals surface area contributed by atoms with E-state index < -0.39 is 0 Å². The highest BCUT2D eigenvalue weighted by Crippen LogP contribution is 2.34. The van der Waals surface area contributed by atoms with Crippen molar-refractivity contribution < 1.29 is 14.4 Å². The molecule has 2 saturated heterocycles. The third-order valence-electron chi connectivity index (χ3n) is 7.72. The number of likely N-dealkylation sites (tertiary alicyclic amines) is 1. The predicted octanol–water partition coefficient (Wildman–Crippen LogP) is 2.62. The molecular weight excluding hydrogens is 440 g/mol. The van der Waals surface area contributed by atoms with Crippen molar-refractivity contribution in [2.24, 2.45) is 23.2 Å². The number of alkyl halides is 1. The summed E-state index contributed by atoms with van der Waals surface area (Å²) in [7, 11) is 0. The zero-order valence-corrected chi connectivity index (χ0v) is 22.0. The maximum Gasteiger partial charge on any atom is 0.228 e. The maximum atomic E-state index is 13.1. The third-order valence-corrected chi connectivity index (χ3v) is 8.08. The van der Waals surface area contributed by atoms with E-state index in [0.717, 1.165) is 38.9 Å². The molecular formula is C25H43ClN4O3. The molecule has 0 radical (unpaired) electrons. The van der Waals surface area contributed by atoms with E-state index in [4.69, 9.17) is 11.6 Å². The Morgan fingerprint density at radius 1 is 1.12 bits per heavy atom.